The fourth-order valence-electron chi connectivity index (χ4n) is 3.68. The summed E-state index contributed by atoms with van der Waals surface area (Å²) in [4.78, 5) is 18.3. The quantitative estimate of drug-likeness (QED) is 0.604. The van der Waals surface area contributed by atoms with Crippen molar-refractivity contribution in [1.29, 1.82) is 0 Å². The number of rotatable bonds is 3. The largest absolute Gasteiger partial charge is 0.309 e. The van der Waals surface area contributed by atoms with E-state index < -0.39 is 0 Å². The minimum absolute atomic E-state index is 0.0317. The minimum atomic E-state index is -0.0896. The Bertz CT molecular complexity index is 1230. The molecule has 136 valence electrons. The molecule has 5 nitrogen and oxygen atoms in total. The molecule has 1 aliphatic rings. The molecule has 2 heterocycles. The smallest absolute Gasteiger partial charge is 0.266 e. The highest BCUT2D eigenvalue weighted by molar-refractivity contribution is 6.05. The number of hydrogen-bond acceptors (Lipinski definition) is 4. The Hall–Kier alpha value is -3.73. The maximum Gasteiger partial charge on any atom is 0.266 e. The molecule has 28 heavy (non-hydrogen) atoms. The van der Waals surface area contributed by atoms with Gasteiger partial charge in [-0.15, -0.1) is 0 Å². The van der Waals surface area contributed by atoms with Crippen LogP contribution in [0.3, 0.4) is 0 Å². The number of nitrogens with one attached hydrogen (secondary N) is 1. The zero-order chi connectivity index (χ0) is 18.9. The third kappa shape index (κ3) is 2.68. The molecule has 1 aliphatic heterocycles. The van der Waals surface area contributed by atoms with Gasteiger partial charge >= 0.3 is 0 Å². The van der Waals surface area contributed by atoms with E-state index in [1.165, 1.54) is 0 Å². The Morgan fingerprint density at radius 3 is 2.32 bits per heavy atom. The molecule has 0 aliphatic carbocycles. The van der Waals surface area contributed by atoms with Crippen LogP contribution in [0.15, 0.2) is 94.8 Å². The van der Waals surface area contributed by atoms with Gasteiger partial charge in [0.1, 0.15) is 5.71 Å². The van der Waals surface area contributed by atoms with Crippen LogP contribution in [0.4, 0.5) is 0 Å². The Balaban J connectivity index is 1.78. The van der Waals surface area contributed by atoms with Crippen molar-refractivity contribution in [3.8, 4) is 5.69 Å². The van der Waals surface area contributed by atoms with Gasteiger partial charge in [-0.1, -0.05) is 60.7 Å². The summed E-state index contributed by atoms with van der Waals surface area (Å²) in [6, 6.07) is 27.3. The van der Waals surface area contributed by atoms with E-state index in [0.717, 1.165) is 17.0 Å². The van der Waals surface area contributed by atoms with Gasteiger partial charge < -0.3 is 5.43 Å². The standard InChI is InChI=1S/C23H18N4O/c28-23-18-13-7-8-14-20(18)25-22(27(23)17-11-5-2-6-12-17)21-19(15-24-26-21)16-9-3-1-4-10-16/h1-14,19,24H,15H2. The molecule has 3 aromatic carbocycles. The zero-order valence-corrected chi connectivity index (χ0v) is 15.1. The summed E-state index contributed by atoms with van der Waals surface area (Å²) in [6.45, 7) is 0.677. The van der Waals surface area contributed by atoms with Gasteiger partial charge in [0.05, 0.1) is 22.5 Å². The number of hydrogen-bond donors (Lipinski definition) is 1. The van der Waals surface area contributed by atoms with E-state index in [1.807, 2.05) is 72.8 Å². The van der Waals surface area contributed by atoms with Crippen molar-refractivity contribution in [3.63, 3.8) is 0 Å². The number of para-hydroxylation sites is 2. The fourth-order valence-corrected chi connectivity index (χ4v) is 3.68. The molecule has 0 spiro atoms. The van der Waals surface area contributed by atoms with Gasteiger partial charge in [0, 0.05) is 6.54 Å². The van der Waals surface area contributed by atoms with Crippen LogP contribution >= 0.6 is 0 Å². The molecular formula is C23H18N4O. The van der Waals surface area contributed by atoms with Gasteiger partial charge in [-0.3, -0.25) is 9.36 Å². The van der Waals surface area contributed by atoms with Gasteiger partial charge in [0.2, 0.25) is 0 Å². The Morgan fingerprint density at radius 1 is 0.857 bits per heavy atom. The summed E-state index contributed by atoms with van der Waals surface area (Å²) in [5.74, 6) is 0.609. The third-order valence-corrected chi connectivity index (χ3v) is 5.05. The lowest BCUT2D eigenvalue weighted by molar-refractivity contribution is 0.763. The van der Waals surface area contributed by atoms with Gasteiger partial charge in [0.15, 0.2) is 5.82 Å². The van der Waals surface area contributed by atoms with E-state index in [1.54, 1.807) is 4.57 Å². The fraction of sp³-hybridized carbons (Fsp3) is 0.0870. The van der Waals surface area contributed by atoms with Crippen molar-refractivity contribution in [1.82, 2.24) is 15.0 Å². The first-order valence-electron chi connectivity index (χ1n) is 9.26. The number of nitrogens with zero attached hydrogens (tertiary/aromatic N) is 3. The van der Waals surface area contributed by atoms with Crippen molar-refractivity contribution >= 4 is 16.6 Å². The van der Waals surface area contributed by atoms with Gasteiger partial charge in [-0.05, 0) is 29.8 Å². The first-order valence-corrected chi connectivity index (χ1v) is 9.26. The molecule has 4 aromatic rings. The highest BCUT2D eigenvalue weighted by atomic mass is 16.1. The van der Waals surface area contributed by atoms with E-state index in [-0.39, 0.29) is 11.5 Å². The maximum absolute atomic E-state index is 13.4. The van der Waals surface area contributed by atoms with Gasteiger partial charge in [-0.25, -0.2) is 4.98 Å². The molecule has 5 heteroatoms. The van der Waals surface area contributed by atoms with Crippen molar-refractivity contribution in [2.75, 3.05) is 6.54 Å². The van der Waals surface area contributed by atoms with Gasteiger partial charge in [-0.2, -0.15) is 5.10 Å². The van der Waals surface area contributed by atoms with Crippen molar-refractivity contribution in [2.24, 2.45) is 5.10 Å². The second kappa shape index (κ2) is 6.78. The summed E-state index contributed by atoms with van der Waals surface area (Å²) < 4.78 is 1.67. The van der Waals surface area contributed by atoms with Crippen LogP contribution in [-0.2, 0) is 0 Å². The van der Waals surface area contributed by atoms with E-state index >= 15 is 0 Å². The Kier molecular flexibility index (Phi) is 3.98. The minimum Gasteiger partial charge on any atom is -0.309 e. The monoisotopic (exact) mass is 366 g/mol. The second-order valence-electron chi connectivity index (χ2n) is 6.75. The van der Waals surface area contributed by atoms with E-state index in [4.69, 9.17) is 4.98 Å². The summed E-state index contributed by atoms with van der Waals surface area (Å²) in [6.07, 6.45) is 0. The van der Waals surface area contributed by atoms with E-state index in [0.29, 0.717) is 23.3 Å². The van der Waals surface area contributed by atoms with Gasteiger partial charge in [0.25, 0.3) is 5.56 Å². The van der Waals surface area contributed by atoms with Crippen LogP contribution in [0, 0.1) is 0 Å². The van der Waals surface area contributed by atoms with Crippen LogP contribution in [0.2, 0.25) is 0 Å². The third-order valence-electron chi connectivity index (χ3n) is 5.05. The topological polar surface area (TPSA) is 59.3 Å². The lowest BCUT2D eigenvalue weighted by Crippen LogP contribution is -2.28. The molecule has 1 N–H and O–H groups in total. The molecule has 0 saturated heterocycles. The predicted molar refractivity (Wildman–Crippen MR) is 111 cm³/mol. The summed E-state index contributed by atoms with van der Waals surface area (Å²) in [7, 11) is 0. The molecule has 0 bridgehead atoms. The average molecular weight is 366 g/mol. The molecule has 1 aromatic heterocycles. The van der Waals surface area contributed by atoms with E-state index in [9.17, 15) is 4.79 Å². The average Bonchev–Trinajstić information content (AvgIpc) is 3.25. The number of aromatic nitrogens is 2. The molecule has 5 rings (SSSR count). The zero-order valence-electron chi connectivity index (χ0n) is 15.1. The maximum atomic E-state index is 13.4. The summed E-state index contributed by atoms with van der Waals surface area (Å²) in [5.41, 5.74) is 6.39. The Labute approximate surface area is 162 Å². The number of fused-ring (bicyclic) bond motifs is 1. The second-order valence-corrected chi connectivity index (χ2v) is 6.75. The van der Waals surface area contributed by atoms with Crippen LogP contribution < -0.4 is 11.0 Å². The molecule has 0 amide bonds. The number of hydrazone groups is 1. The van der Waals surface area contributed by atoms with Crippen LogP contribution in [0.25, 0.3) is 16.6 Å². The molecule has 0 saturated carbocycles. The van der Waals surface area contributed by atoms with Crippen molar-refractivity contribution < 1.29 is 0 Å². The number of benzene rings is 3. The summed E-state index contributed by atoms with van der Waals surface area (Å²) in [5, 5.41) is 5.14. The normalized spacial score (nSPS) is 16.0. The van der Waals surface area contributed by atoms with Crippen molar-refractivity contribution in [2.45, 2.75) is 5.92 Å². The molecular weight excluding hydrogens is 348 g/mol. The van der Waals surface area contributed by atoms with Crippen LogP contribution in [-0.4, -0.2) is 21.8 Å². The predicted octanol–water partition coefficient (Wildman–Crippen LogP) is 3.48. The Morgan fingerprint density at radius 2 is 1.54 bits per heavy atom. The lowest BCUT2D eigenvalue weighted by atomic mass is 9.94. The SMILES string of the molecule is O=c1c2ccccc2nc(C2=NNCC2c2ccccc2)n1-c1ccccc1. The summed E-state index contributed by atoms with van der Waals surface area (Å²) >= 11 is 0. The first kappa shape index (κ1) is 16.4. The molecule has 0 radical (unpaired) electrons. The van der Waals surface area contributed by atoms with Crippen molar-refractivity contribution in [3.05, 3.63) is 107 Å². The van der Waals surface area contributed by atoms with Crippen LogP contribution in [0.1, 0.15) is 17.3 Å². The molecule has 1 unspecified atom stereocenters. The lowest BCUT2D eigenvalue weighted by Gasteiger charge is -2.17. The highest BCUT2D eigenvalue weighted by Gasteiger charge is 2.29. The van der Waals surface area contributed by atoms with Crippen LogP contribution in [0.5, 0.6) is 0 Å². The highest BCUT2D eigenvalue weighted by Crippen LogP contribution is 2.25. The first-order chi connectivity index (χ1) is 13.8. The molecule has 0 fully saturated rings. The van der Waals surface area contributed by atoms with E-state index in [2.05, 4.69) is 22.7 Å². The molecule has 1 atom stereocenters.